The first-order chi connectivity index (χ1) is 7.99. The van der Waals surface area contributed by atoms with Crippen LogP contribution in [0.1, 0.15) is 5.01 Å². The van der Waals surface area contributed by atoms with Gasteiger partial charge in [0, 0.05) is 6.20 Å². The number of nitrogens with one attached hydrogen (secondary N) is 1. The summed E-state index contributed by atoms with van der Waals surface area (Å²) in [7, 11) is -3.76. The molecule has 0 spiro atoms. The normalized spacial score (nSPS) is 11.4. The molecule has 0 amide bonds. The summed E-state index contributed by atoms with van der Waals surface area (Å²) in [5.41, 5.74) is 5.50. The number of aromatic nitrogens is 3. The number of hydrogen-bond acceptors (Lipinski definition) is 7. The molecule has 0 aliphatic heterocycles. The van der Waals surface area contributed by atoms with Crippen molar-refractivity contribution in [2.75, 3.05) is 10.5 Å². The molecule has 7 nitrogen and oxygen atoms in total. The van der Waals surface area contributed by atoms with Crippen LogP contribution in [0.2, 0.25) is 0 Å². The second-order valence-corrected chi connectivity index (χ2v) is 5.95. The molecule has 0 radical (unpaired) electrons. The van der Waals surface area contributed by atoms with Crippen molar-refractivity contribution in [3.8, 4) is 0 Å². The smallest absolute Gasteiger partial charge is 0.267 e. The Balaban J connectivity index is 2.35. The summed E-state index contributed by atoms with van der Waals surface area (Å²) in [5, 5.41) is 8.25. The molecule has 0 aliphatic rings. The summed E-state index contributed by atoms with van der Waals surface area (Å²) < 4.78 is 26.2. The average molecular weight is 271 g/mol. The molecule has 0 atom stereocenters. The molecular weight excluding hydrogens is 262 g/mol. The molecule has 2 heterocycles. The van der Waals surface area contributed by atoms with E-state index in [1.54, 1.807) is 6.92 Å². The first-order valence-corrected chi connectivity index (χ1v) is 6.82. The van der Waals surface area contributed by atoms with Crippen molar-refractivity contribution in [2.45, 2.75) is 11.8 Å². The van der Waals surface area contributed by atoms with Crippen LogP contribution in [-0.4, -0.2) is 23.6 Å². The standard InChI is InChI=1S/C8H9N5O2S2/c1-5-11-12-8(16-5)13-17(14,15)6-3-2-4-10-7(6)9/h2-4H,1H3,(H2,9,10)(H,12,13). The van der Waals surface area contributed by atoms with Gasteiger partial charge in [0.1, 0.15) is 15.7 Å². The Morgan fingerprint density at radius 2 is 2.18 bits per heavy atom. The zero-order valence-corrected chi connectivity index (χ0v) is 10.4. The molecule has 3 N–H and O–H groups in total. The lowest BCUT2D eigenvalue weighted by Crippen LogP contribution is -2.15. The van der Waals surface area contributed by atoms with E-state index in [9.17, 15) is 8.42 Å². The third-order valence-corrected chi connectivity index (χ3v) is 4.11. The fourth-order valence-electron chi connectivity index (χ4n) is 1.14. The molecule has 2 rings (SSSR count). The molecule has 0 saturated heterocycles. The molecule has 0 saturated carbocycles. The lowest BCUT2D eigenvalue weighted by molar-refractivity contribution is 0.601. The number of hydrogen-bond donors (Lipinski definition) is 2. The van der Waals surface area contributed by atoms with Gasteiger partial charge in [-0.05, 0) is 19.1 Å². The van der Waals surface area contributed by atoms with E-state index < -0.39 is 10.0 Å². The van der Waals surface area contributed by atoms with Gasteiger partial charge in [-0.3, -0.25) is 4.72 Å². The van der Waals surface area contributed by atoms with Crippen molar-refractivity contribution in [3.63, 3.8) is 0 Å². The Hall–Kier alpha value is -1.74. The summed E-state index contributed by atoms with van der Waals surface area (Å²) in [6, 6.07) is 2.87. The predicted octanol–water partition coefficient (Wildman–Crippen LogP) is 0.625. The number of nitrogen functional groups attached to an aromatic ring is 1. The number of anilines is 2. The molecule has 0 unspecified atom stereocenters. The minimum absolute atomic E-state index is 0.0544. The number of rotatable bonds is 3. The molecule has 2 aromatic rings. The summed E-state index contributed by atoms with van der Waals surface area (Å²) in [4.78, 5) is 3.64. The highest BCUT2D eigenvalue weighted by Gasteiger charge is 2.19. The molecular formula is C8H9N5O2S2. The monoisotopic (exact) mass is 271 g/mol. The van der Waals surface area contributed by atoms with Crippen molar-refractivity contribution in [2.24, 2.45) is 0 Å². The van der Waals surface area contributed by atoms with E-state index in [1.165, 1.54) is 18.3 Å². The van der Waals surface area contributed by atoms with Gasteiger partial charge in [-0.2, -0.15) is 0 Å². The highest BCUT2D eigenvalue weighted by Crippen LogP contribution is 2.21. The fourth-order valence-corrected chi connectivity index (χ4v) is 3.04. The van der Waals surface area contributed by atoms with Gasteiger partial charge in [0.15, 0.2) is 0 Å². The van der Waals surface area contributed by atoms with Crippen LogP contribution in [0, 0.1) is 6.92 Å². The highest BCUT2D eigenvalue weighted by molar-refractivity contribution is 7.93. The van der Waals surface area contributed by atoms with Crippen LogP contribution in [0.25, 0.3) is 0 Å². The first kappa shape index (κ1) is 11.7. The minimum atomic E-state index is -3.76. The van der Waals surface area contributed by atoms with Gasteiger partial charge in [-0.25, -0.2) is 13.4 Å². The van der Waals surface area contributed by atoms with E-state index in [1.807, 2.05) is 0 Å². The summed E-state index contributed by atoms with van der Waals surface area (Å²) in [6.07, 6.45) is 1.42. The van der Waals surface area contributed by atoms with Crippen molar-refractivity contribution in [1.29, 1.82) is 0 Å². The molecule has 0 aliphatic carbocycles. The van der Waals surface area contributed by atoms with Gasteiger partial charge in [0.2, 0.25) is 5.13 Å². The lowest BCUT2D eigenvalue weighted by Gasteiger charge is -2.05. The third-order valence-electron chi connectivity index (χ3n) is 1.84. The molecule has 90 valence electrons. The predicted molar refractivity (Wildman–Crippen MR) is 64.1 cm³/mol. The third kappa shape index (κ3) is 2.50. The van der Waals surface area contributed by atoms with Gasteiger partial charge in [0.25, 0.3) is 10.0 Å². The number of nitrogens with two attached hydrogens (primary N) is 1. The number of pyridine rings is 1. The van der Waals surface area contributed by atoms with Gasteiger partial charge < -0.3 is 5.73 Å². The van der Waals surface area contributed by atoms with Crippen molar-refractivity contribution in [3.05, 3.63) is 23.3 Å². The van der Waals surface area contributed by atoms with Crippen LogP contribution in [0.15, 0.2) is 23.2 Å². The fraction of sp³-hybridized carbons (Fsp3) is 0.125. The quantitative estimate of drug-likeness (QED) is 0.846. The van der Waals surface area contributed by atoms with E-state index in [0.717, 1.165) is 11.3 Å². The summed E-state index contributed by atoms with van der Waals surface area (Å²) >= 11 is 1.14. The number of nitrogens with zero attached hydrogens (tertiary/aromatic N) is 3. The zero-order valence-electron chi connectivity index (χ0n) is 8.78. The van der Waals surface area contributed by atoms with Crippen molar-refractivity contribution >= 4 is 32.3 Å². The topological polar surface area (TPSA) is 111 Å². The SMILES string of the molecule is Cc1nnc(NS(=O)(=O)c2cccnc2N)s1. The van der Waals surface area contributed by atoms with Crippen molar-refractivity contribution in [1.82, 2.24) is 15.2 Å². The first-order valence-electron chi connectivity index (χ1n) is 4.52. The van der Waals surface area contributed by atoms with Crippen LogP contribution in [0.3, 0.4) is 0 Å². The minimum Gasteiger partial charge on any atom is -0.383 e. The second-order valence-electron chi connectivity index (χ2n) is 3.12. The van der Waals surface area contributed by atoms with E-state index in [2.05, 4.69) is 19.9 Å². The van der Waals surface area contributed by atoms with Crippen LogP contribution < -0.4 is 10.5 Å². The molecule has 17 heavy (non-hydrogen) atoms. The molecule has 9 heteroatoms. The summed E-state index contributed by atoms with van der Waals surface area (Å²) in [6.45, 7) is 1.73. The maximum atomic E-state index is 11.9. The van der Waals surface area contributed by atoms with Gasteiger partial charge >= 0.3 is 0 Å². The Labute approximate surface area is 102 Å². The number of sulfonamides is 1. The van der Waals surface area contributed by atoms with E-state index in [0.29, 0.717) is 5.01 Å². The molecule has 0 aromatic carbocycles. The van der Waals surface area contributed by atoms with Gasteiger partial charge in [-0.1, -0.05) is 11.3 Å². The maximum Gasteiger partial charge on any atom is 0.267 e. The Morgan fingerprint density at radius 1 is 1.41 bits per heavy atom. The molecule has 2 aromatic heterocycles. The highest BCUT2D eigenvalue weighted by atomic mass is 32.2. The van der Waals surface area contributed by atoms with E-state index in [-0.39, 0.29) is 15.8 Å². The summed E-state index contributed by atoms with van der Waals surface area (Å²) in [5.74, 6) is -0.0544. The van der Waals surface area contributed by atoms with Crippen LogP contribution in [0.5, 0.6) is 0 Å². The van der Waals surface area contributed by atoms with Gasteiger partial charge in [-0.15, -0.1) is 10.2 Å². The Morgan fingerprint density at radius 3 is 2.76 bits per heavy atom. The number of aryl methyl sites for hydroxylation is 1. The largest absolute Gasteiger partial charge is 0.383 e. The van der Waals surface area contributed by atoms with Gasteiger partial charge in [0.05, 0.1) is 0 Å². The molecule has 0 fully saturated rings. The van der Waals surface area contributed by atoms with Crippen LogP contribution >= 0.6 is 11.3 Å². The Bertz CT molecular complexity index is 637. The van der Waals surface area contributed by atoms with Crippen LogP contribution in [-0.2, 0) is 10.0 Å². The molecule has 0 bridgehead atoms. The second kappa shape index (κ2) is 4.26. The van der Waals surface area contributed by atoms with E-state index in [4.69, 9.17) is 5.73 Å². The van der Waals surface area contributed by atoms with Crippen LogP contribution in [0.4, 0.5) is 10.9 Å². The maximum absolute atomic E-state index is 11.9. The van der Waals surface area contributed by atoms with E-state index >= 15 is 0 Å². The lowest BCUT2D eigenvalue weighted by atomic mass is 10.5. The zero-order chi connectivity index (χ0) is 12.5. The Kier molecular flexibility index (Phi) is 2.94. The average Bonchev–Trinajstić information content (AvgIpc) is 2.63. The van der Waals surface area contributed by atoms with Crippen molar-refractivity contribution < 1.29 is 8.42 Å².